The first-order chi connectivity index (χ1) is 13.2. The van der Waals surface area contributed by atoms with Gasteiger partial charge < -0.3 is 9.90 Å². The van der Waals surface area contributed by atoms with Crippen molar-refractivity contribution in [3.05, 3.63) is 71.8 Å². The summed E-state index contributed by atoms with van der Waals surface area (Å²) in [7, 11) is 0. The molecule has 0 saturated heterocycles. The molecule has 148 valence electrons. The Morgan fingerprint density at radius 1 is 0.679 bits per heavy atom. The molecule has 0 atom stereocenters. The van der Waals surface area contributed by atoms with Crippen LogP contribution in [0, 0.1) is 0 Å². The molecule has 0 saturated carbocycles. The summed E-state index contributed by atoms with van der Waals surface area (Å²) in [4.78, 5) is 10.1. The first-order valence-electron chi connectivity index (χ1n) is 10.5. The number of carbonyl (C=O) groups is 1. The van der Waals surface area contributed by atoms with E-state index < -0.39 is 5.97 Å². The minimum absolute atomic E-state index is 0. The van der Waals surface area contributed by atoms with Crippen LogP contribution in [0.5, 0.6) is 0 Å². The van der Waals surface area contributed by atoms with Gasteiger partial charge in [0.05, 0.1) is 5.97 Å². The molecule has 0 fully saturated rings. The molecule has 0 aliphatic heterocycles. The van der Waals surface area contributed by atoms with Gasteiger partial charge in [0.15, 0.2) is 0 Å². The van der Waals surface area contributed by atoms with E-state index in [1.807, 2.05) is 0 Å². The second kappa shape index (κ2) is 19.2. The molecule has 0 heterocycles. The number of aromatic carboxylic acids is 1. The van der Waals surface area contributed by atoms with Crippen LogP contribution in [0.3, 0.4) is 0 Å². The van der Waals surface area contributed by atoms with Gasteiger partial charge in [0, 0.05) is 0 Å². The summed E-state index contributed by atoms with van der Waals surface area (Å²) in [6.07, 6.45) is 15.5. The molecule has 0 radical (unpaired) electrons. The van der Waals surface area contributed by atoms with Crippen molar-refractivity contribution in [3.63, 3.8) is 0 Å². The Morgan fingerprint density at radius 3 is 1.54 bits per heavy atom. The smallest absolute Gasteiger partial charge is 0.545 e. The molecule has 0 N–H and O–H groups in total. The number of rotatable bonds is 12. The van der Waals surface area contributed by atoms with E-state index in [0.717, 1.165) is 0 Å². The van der Waals surface area contributed by atoms with Crippen molar-refractivity contribution in [1.82, 2.24) is 0 Å². The second-order valence-electron chi connectivity index (χ2n) is 7.07. The molecule has 0 amide bonds. The number of carbonyl (C=O) groups excluding carboxylic acids is 1. The van der Waals surface area contributed by atoms with Gasteiger partial charge >= 0.3 is 29.6 Å². The standard InChI is InChI=1S/C18H30.C7H6O2.Na/c1-2-3-4-5-6-7-8-9-10-12-15-18-16-13-11-14-17-18;8-7(9)6-4-2-1-3-5-6;/h11,13-14,16-17H,2-10,12,15H2,1H3;1-5H,(H,8,9);/q;;+1/p-1. The van der Waals surface area contributed by atoms with E-state index in [2.05, 4.69) is 37.3 Å². The zero-order chi connectivity index (χ0) is 19.6. The second-order valence-corrected chi connectivity index (χ2v) is 7.07. The molecular formula is C25H35NaO2. The molecular weight excluding hydrogens is 355 g/mol. The van der Waals surface area contributed by atoms with Crippen molar-refractivity contribution >= 4 is 5.97 Å². The van der Waals surface area contributed by atoms with Crippen molar-refractivity contribution < 1.29 is 39.5 Å². The Balaban J connectivity index is 0.000000614. The fourth-order valence-corrected chi connectivity index (χ4v) is 3.04. The quantitative estimate of drug-likeness (QED) is 0.412. The summed E-state index contributed by atoms with van der Waals surface area (Å²) in [6, 6.07) is 18.9. The number of hydrogen-bond acceptors (Lipinski definition) is 2. The van der Waals surface area contributed by atoms with Crippen LogP contribution in [0.25, 0.3) is 0 Å². The molecule has 0 unspecified atom stereocenters. The van der Waals surface area contributed by atoms with Gasteiger partial charge in [-0.2, -0.15) is 0 Å². The van der Waals surface area contributed by atoms with Gasteiger partial charge in [-0.3, -0.25) is 0 Å². The summed E-state index contributed by atoms with van der Waals surface area (Å²) in [5, 5.41) is 10.1. The maximum absolute atomic E-state index is 10.1. The van der Waals surface area contributed by atoms with Gasteiger partial charge in [-0.1, -0.05) is 125 Å². The molecule has 0 aromatic heterocycles. The number of aryl methyl sites for hydroxylation is 1. The van der Waals surface area contributed by atoms with Crippen LogP contribution in [0.2, 0.25) is 0 Å². The SMILES string of the molecule is CCCCCCCCCCCCc1ccccc1.O=C([O-])c1ccccc1.[Na+]. The van der Waals surface area contributed by atoms with Crippen molar-refractivity contribution in [2.24, 2.45) is 0 Å². The molecule has 0 aliphatic carbocycles. The Hall–Kier alpha value is -1.09. The summed E-state index contributed by atoms with van der Waals surface area (Å²) in [5.74, 6) is -1.13. The number of hydrogen-bond donors (Lipinski definition) is 0. The molecule has 0 aliphatic rings. The Kier molecular flexibility index (Phi) is 18.5. The van der Waals surface area contributed by atoms with Gasteiger partial charge in [-0.25, -0.2) is 0 Å². The maximum atomic E-state index is 10.1. The fraction of sp³-hybridized carbons (Fsp3) is 0.480. The third-order valence-electron chi connectivity index (χ3n) is 4.67. The molecule has 0 spiro atoms. The monoisotopic (exact) mass is 390 g/mol. The van der Waals surface area contributed by atoms with Crippen molar-refractivity contribution in [2.75, 3.05) is 0 Å². The van der Waals surface area contributed by atoms with Crippen LogP contribution in [-0.4, -0.2) is 5.97 Å². The van der Waals surface area contributed by atoms with Crippen LogP contribution in [0.15, 0.2) is 60.7 Å². The molecule has 3 heteroatoms. The van der Waals surface area contributed by atoms with E-state index in [9.17, 15) is 9.90 Å². The van der Waals surface area contributed by atoms with Gasteiger partial charge in [0.2, 0.25) is 0 Å². The number of unbranched alkanes of at least 4 members (excludes halogenated alkanes) is 9. The molecule has 2 nitrogen and oxygen atoms in total. The normalized spacial score (nSPS) is 9.75. The van der Waals surface area contributed by atoms with Gasteiger partial charge in [-0.15, -0.1) is 0 Å². The average molecular weight is 391 g/mol. The van der Waals surface area contributed by atoms with E-state index in [0.29, 0.717) is 0 Å². The number of benzene rings is 2. The number of carboxylic acids is 1. The Labute approximate surface area is 194 Å². The van der Waals surface area contributed by atoms with Crippen LogP contribution in [0.4, 0.5) is 0 Å². The molecule has 0 bridgehead atoms. The van der Waals surface area contributed by atoms with Crippen LogP contribution >= 0.6 is 0 Å². The first kappa shape index (κ1) is 26.9. The number of carboxylic acid groups (broad SMARTS) is 1. The van der Waals surface area contributed by atoms with Crippen LogP contribution < -0.4 is 34.7 Å². The predicted molar refractivity (Wildman–Crippen MR) is 113 cm³/mol. The fourth-order valence-electron chi connectivity index (χ4n) is 3.04. The van der Waals surface area contributed by atoms with Crippen LogP contribution in [0.1, 0.15) is 87.1 Å². The van der Waals surface area contributed by atoms with E-state index in [1.165, 1.54) is 88.3 Å². The summed E-state index contributed by atoms with van der Waals surface area (Å²) in [5.41, 5.74) is 1.72. The summed E-state index contributed by atoms with van der Waals surface area (Å²) in [6.45, 7) is 2.28. The maximum Gasteiger partial charge on any atom is 1.00 e. The van der Waals surface area contributed by atoms with E-state index in [-0.39, 0.29) is 35.1 Å². The molecule has 2 rings (SSSR count). The van der Waals surface area contributed by atoms with Gasteiger partial charge in [0.1, 0.15) is 0 Å². The summed E-state index contributed by atoms with van der Waals surface area (Å²) < 4.78 is 0. The van der Waals surface area contributed by atoms with E-state index in [1.54, 1.807) is 18.2 Å². The predicted octanol–water partition coefficient (Wildman–Crippen LogP) is 3.20. The zero-order valence-corrected chi connectivity index (χ0v) is 19.9. The molecule has 2 aromatic rings. The zero-order valence-electron chi connectivity index (χ0n) is 17.9. The third kappa shape index (κ3) is 14.9. The van der Waals surface area contributed by atoms with Crippen molar-refractivity contribution in [1.29, 1.82) is 0 Å². The average Bonchev–Trinajstić information content (AvgIpc) is 2.71. The Bertz CT molecular complexity index is 584. The first-order valence-corrected chi connectivity index (χ1v) is 10.5. The van der Waals surface area contributed by atoms with Crippen molar-refractivity contribution in [2.45, 2.75) is 77.6 Å². The third-order valence-corrected chi connectivity index (χ3v) is 4.67. The topological polar surface area (TPSA) is 40.1 Å². The van der Waals surface area contributed by atoms with Crippen molar-refractivity contribution in [3.8, 4) is 0 Å². The van der Waals surface area contributed by atoms with E-state index >= 15 is 0 Å². The van der Waals surface area contributed by atoms with E-state index in [4.69, 9.17) is 0 Å². The van der Waals surface area contributed by atoms with Gasteiger partial charge in [-0.05, 0) is 24.0 Å². The van der Waals surface area contributed by atoms with Crippen LogP contribution in [-0.2, 0) is 6.42 Å². The van der Waals surface area contributed by atoms with Gasteiger partial charge in [0.25, 0.3) is 0 Å². The minimum atomic E-state index is -1.13. The summed E-state index contributed by atoms with van der Waals surface area (Å²) >= 11 is 0. The Morgan fingerprint density at radius 2 is 1.11 bits per heavy atom. The molecule has 2 aromatic carbocycles. The molecule has 28 heavy (non-hydrogen) atoms. The largest absolute Gasteiger partial charge is 1.00 e. The minimum Gasteiger partial charge on any atom is -0.545 e.